The van der Waals surface area contributed by atoms with Gasteiger partial charge < -0.3 is 20.9 Å². The molecule has 0 bridgehead atoms. The number of anilines is 3. The van der Waals surface area contributed by atoms with Gasteiger partial charge in [-0.3, -0.25) is 9.59 Å². The number of benzene rings is 1. The lowest BCUT2D eigenvalue weighted by molar-refractivity contribution is -0.115. The molecule has 7 nitrogen and oxygen atoms in total. The third kappa shape index (κ3) is 2.26. The lowest BCUT2D eigenvalue weighted by Gasteiger charge is -2.25. The molecule has 0 fully saturated rings. The third-order valence-electron chi connectivity index (χ3n) is 4.09. The fourth-order valence-electron chi connectivity index (χ4n) is 2.96. The van der Waals surface area contributed by atoms with Crippen LogP contribution in [0.5, 0.6) is 0 Å². The summed E-state index contributed by atoms with van der Waals surface area (Å²) < 4.78 is 0. The first-order chi connectivity index (χ1) is 11.6. The van der Waals surface area contributed by atoms with Crippen LogP contribution in [0.25, 0.3) is 11.0 Å². The van der Waals surface area contributed by atoms with Crippen molar-refractivity contribution in [2.24, 2.45) is 5.73 Å². The number of nitrogens with one attached hydrogen (secondary N) is 2. The third-order valence-corrected chi connectivity index (χ3v) is 4.09. The minimum absolute atomic E-state index is 0.117. The number of aromatic amines is 1. The van der Waals surface area contributed by atoms with Crippen LogP contribution in [-0.2, 0) is 4.79 Å². The molecule has 0 saturated carbocycles. The molecule has 0 atom stereocenters. The first-order valence-electron chi connectivity index (χ1n) is 7.58. The molecule has 4 N–H and O–H groups in total. The van der Waals surface area contributed by atoms with Crippen molar-refractivity contribution in [1.29, 1.82) is 0 Å². The zero-order valence-corrected chi connectivity index (χ0v) is 12.7. The zero-order chi connectivity index (χ0) is 16.7. The predicted molar refractivity (Wildman–Crippen MR) is 91.3 cm³/mol. The average Bonchev–Trinajstić information content (AvgIpc) is 2.95. The maximum Gasteiger partial charge on any atom is 0.250 e. The Kier molecular flexibility index (Phi) is 3.19. The van der Waals surface area contributed by atoms with Gasteiger partial charge in [-0.05, 0) is 24.3 Å². The number of rotatable bonds is 2. The number of H-pyrrole nitrogens is 1. The second-order valence-corrected chi connectivity index (χ2v) is 5.60. The number of nitrogens with two attached hydrogens (primary N) is 1. The number of carbonyl (C=O) groups is 2. The number of aromatic nitrogens is 2. The van der Waals surface area contributed by atoms with E-state index in [0.717, 1.165) is 11.1 Å². The van der Waals surface area contributed by atoms with Crippen LogP contribution in [0.2, 0.25) is 0 Å². The highest BCUT2D eigenvalue weighted by atomic mass is 16.2. The highest BCUT2D eigenvalue weighted by Crippen LogP contribution is 2.36. The van der Waals surface area contributed by atoms with E-state index in [2.05, 4.69) is 15.3 Å². The highest BCUT2D eigenvalue weighted by Gasteiger charge is 2.24. The standard InChI is InChI=1S/C17H15N5O2/c18-15(24)11-3-1-2-4-12(11)22-8-6-14(23)20-17-13(22)9-10-5-7-19-16(10)21-17/h1-5,7,9H,6,8H2,(H2,18,24)(H2,19,20,21,23). The first kappa shape index (κ1) is 14.3. The number of nitrogens with zero attached hydrogens (tertiary/aromatic N) is 2. The molecule has 1 aromatic carbocycles. The summed E-state index contributed by atoms with van der Waals surface area (Å²) in [5, 5.41) is 3.75. The Bertz CT molecular complexity index is 963. The van der Waals surface area contributed by atoms with E-state index < -0.39 is 5.91 Å². The van der Waals surface area contributed by atoms with Gasteiger partial charge in [0.05, 0.1) is 16.9 Å². The largest absolute Gasteiger partial charge is 0.366 e. The molecule has 1 aliphatic heterocycles. The predicted octanol–water partition coefficient (Wildman–Crippen LogP) is 2.14. The van der Waals surface area contributed by atoms with E-state index in [1.807, 2.05) is 29.2 Å². The summed E-state index contributed by atoms with van der Waals surface area (Å²) in [5.74, 6) is -0.160. The Morgan fingerprint density at radius 2 is 2.04 bits per heavy atom. The lowest BCUT2D eigenvalue weighted by atomic mass is 10.1. The monoisotopic (exact) mass is 321 g/mol. The van der Waals surface area contributed by atoms with Crippen molar-refractivity contribution in [1.82, 2.24) is 9.97 Å². The molecule has 0 unspecified atom stereocenters. The molecule has 0 spiro atoms. The van der Waals surface area contributed by atoms with E-state index in [4.69, 9.17) is 5.73 Å². The summed E-state index contributed by atoms with van der Waals surface area (Å²) in [5.41, 5.74) is 8.02. The fourth-order valence-corrected chi connectivity index (χ4v) is 2.96. The Hall–Kier alpha value is -3.35. The number of fused-ring (bicyclic) bond motifs is 2. The molecule has 1 aliphatic rings. The van der Waals surface area contributed by atoms with Gasteiger partial charge in [0.2, 0.25) is 5.91 Å². The van der Waals surface area contributed by atoms with E-state index in [-0.39, 0.29) is 12.3 Å². The lowest BCUT2D eigenvalue weighted by Crippen LogP contribution is -2.23. The van der Waals surface area contributed by atoms with Crippen LogP contribution in [0, 0.1) is 0 Å². The van der Waals surface area contributed by atoms with Gasteiger partial charge in [0.15, 0.2) is 5.82 Å². The molecule has 7 heteroatoms. The minimum Gasteiger partial charge on any atom is -0.366 e. The van der Waals surface area contributed by atoms with Gasteiger partial charge in [-0.1, -0.05) is 12.1 Å². The summed E-state index contributed by atoms with van der Waals surface area (Å²) in [6.45, 7) is 0.431. The SMILES string of the molecule is NC(=O)c1ccccc1N1CCC(=O)Nc2nc3[nH]ccc3cc21. The molecule has 0 saturated heterocycles. The van der Waals surface area contributed by atoms with E-state index in [0.29, 0.717) is 29.3 Å². The zero-order valence-electron chi connectivity index (χ0n) is 12.7. The number of pyridine rings is 1. The fraction of sp³-hybridized carbons (Fsp3) is 0.118. The topological polar surface area (TPSA) is 104 Å². The van der Waals surface area contributed by atoms with Crippen molar-refractivity contribution in [3.63, 3.8) is 0 Å². The maximum atomic E-state index is 12.0. The average molecular weight is 321 g/mol. The molecule has 0 radical (unpaired) electrons. The molecule has 0 aliphatic carbocycles. The summed E-state index contributed by atoms with van der Waals surface area (Å²) in [7, 11) is 0. The number of para-hydroxylation sites is 1. The molecular weight excluding hydrogens is 306 g/mol. The van der Waals surface area contributed by atoms with Gasteiger partial charge >= 0.3 is 0 Å². The maximum absolute atomic E-state index is 12.0. The molecule has 4 rings (SSSR count). The Balaban J connectivity index is 1.94. The van der Waals surface area contributed by atoms with E-state index in [1.165, 1.54) is 0 Å². The van der Waals surface area contributed by atoms with Crippen molar-refractivity contribution in [2.75, 3.05) is 16.8 Å². The quantitative estimate of drug-likeness (QED) is 0.672. The number of amides is 2. The molecule has 120 valence electrons. The van der Waals surface area contributed by atoms with Crippen molar-refractivity contribution >= 4 is 40.0 Å². The summed E-state index contributed by atoms with van der Waals surface area (Å²) >= 11 is 0. The Morgan fingerprint density at radius 1 is 1.21 bits per heavy atom. The van der Waals surface area contributed by atoms with E-state index in [9.17, 15) is 9.59 Å². The van der Waals surface area contributed by atoms with Crippen molar-refractivity contribution < 1.29 is 9.59 Å². The molecule has 2 aromatic heterocycles. The normalized spacial score (nSPS) is 14.2. The Morgan fingerprint density at radius 3 is 2.88 bits per heavy atom. The van der Waals surface area contributed by atoms with Gasteiger partial charge in [0.25, 0.3) is 5.91 Å². The van der Waals surface area contributed by atoms with Crippen LogP contribution in [0.3, 0.4) is 0 Å². The minimum atomic E-state index is -0.508. The van der Waals surface area contributed by atoms with Crippen molar-refractivity contribution in [3.05, 3.63) is 48.2 Å². The highest BCUT2D eigenvalue weighted by molar-refractivity contribution is 6.03. The van der Waals surface area contributed by atoms with Crippen molar-refractivity contribution in [3.8, 4) is 0 Å². The van der Waals surface area contributed by atoms with Crippen LogP contribution in [0.4, 0.5) is 17.2 Å². The summed E-state index contributed by atoms with van der Waals surface area (Å²) in [6, 6.07) is 11.0. The molecule has 3 aromatic rings. The second-order valence-electron chi connectivity index (χ2n) is 5.60. The molecule has 2 amide bonds. The van der Waals surface area contributed by atoms with Gasteiger partial charge in [0.1, 0.15) is 5.65 Å². The van der Waals surface area contributed by atoms with Crippen LogP contribution in [0.1, 0.15) is 16.8 Å². The first-order valence-corrected chi connectivity index (χ1v) is 7.58. The van der Waals surface area contributed by atoms with E-state index in [1.54, 1.807) is 18.3 Å². The van der Waals surface area contributed by atoms with Crippen LogP contribution in [0.15, 0.2) is 42.6 Å². The molecular formula is C17H15N5O2. The number of hydrogen-bond donors (Lipinski definition) is 3. The van der Waals surface area contributed by atoms with Crippen LogP contribution >= 0.6 is 0 Å². The number of primary amides is 1. The second kappa shape index (κ2) is 5.38. The van der Waals surface area contributed by atoms with Gasteiger partial charge in [-0.15, -0.1) is 0 Å². The van der Waals surface area contributed by atoms with E-state index >= 15 is 0 Å². The number of carbonyl (C=O) groups excluding carboxylic acids is 2. The van der Waals surface area contributed by atoms with Gasteiger partial charge in [0, 0.05) is 24.5 Å². The molecule has 24 heavy (non-hydrogen) atoms. The van der Waals surface area contributed by atoms with Gasteiger partial charge in [-0.2, -0.15) is 0 Å². The number of hydrogen-bond acceptors (Lipinski definition) is 4. The van der Waals surface area contributed by atoms with Crippen LogP contribution < -0.4 is 16.0 Å². The van der Waals surface area contributed by atoms with Crippen LogP contribution in [-0.4, -0.2) is 28.3 Å². The summed E-state index contributed by atoms with van der Waals surface area (Å²) in [6.07, 6.45) is 2.08. The summed E-state index contributed by atoms with van der Waals surface area (Å²) in [4.78, 5) is 33.3. The van der Waals surface area contributed by atoms with Crippen molar-refractivity contribution in [2.45, 2.75) is 6.42 Å². The smallest absolute Gasteiger partial charge is 0.250 e. The Labute approximate surface area is 137 Å². The molecule has 3 heterocycles. The van der Waals surface area contributed by atoms with Gasteiger partial charge in [-0.25, -0.2) is 4.98 Å².